The maximum atomic E-state index is 5.81. The van der Waals surface area contributed by atoms with Crippen LogP contribution in [0.1, 0.15) is 18.3 Å². The van der Waals surface area contributed by atoms with E-state index in [4.69, 9.17) is 4.74 Å². The Bertz CT molecular complexity index is 629. The summed E-state index contributed by atoms with van der Waals surface area (Å²) in [6.07, 6.45) is 0. The lowest BCUT2D eigenvalue weighted by molar-refractivity contribution is 0.331. The zero-order chi connectivity index (χ0) is 14.7. The van der Waals surface area contributed by atoms with Gasteiger partial charge in [-0.1, -0.05) is 18.2 Å². The van der Waals surface area contributed by atoms with Crippen molar-refractivity contribution in [2.24, 2.45) is 0 Å². The van der Waals surface area contributed by atoms with Gasteiger partial charge >= 0.3 is 0 Å². The summed E-state index contributed by atoms with van der Waals surface area (Å²) in [6.45, 7) is 7.12. The minimum absolute atomic E-state index is 0.663. The Morgan fingerprint density at radius 3 is 3.00 bits per heavy atom. The third-order valence-electron chi connectivity index (χ3n) is 3.46. The second kappa shape index (κ2) is 5.99. The van der Waals surface area contributed by atoms with E-state index in [2.05, 4.69) is 33.2 Å². The van der Waals surface area contributed by atoms with Gasteiger partial charge in [-0.05, 0) is 19.9 Å². The van der Waals surface area contributed by atoms with Crippen LogP contribution >= 0.6 is 0 Å². The van der Waals surface area contributed by atoms with Crippen LogP contribution in [0.3, 0.4) is 0 Å². The normalized spacial score (nSPS) is 14.1. The molecule has 0 saturated carbocycles. The largest absolute Gasteiger partial charge is 0.491 e. The molecule has 0 unspecified atom stereocenters. The Morgan fingerprint density at radius 1 is 1.29 bits per heavy atom. The Balaban J connectivity index is 1.90. The minimum Gasteiger partial charge on any atom is -0.491 e. The van der Waals surface area contributed by atoms with E-state index in [0.29, 0.717) is 6.61 Å². The van der Waals surface area contributed by atoms with E-state index in [1.54, 1.807) is 0 Å². The molecule has 0 radical (unpaired) electrons. The van der Waals surface area contributed by atoms with Crippen molar-refractivity contribution in [3.63, 3.8) is 0 Å². The van der Waals surface area contributed by atoms with Crippen molar-refractivity contribution < 1.29 is 4.74 Å². The van der Waals surface area contributed by atoms with Crippen LogP contribution in [0.5, 0.6) is 5.75 Å². The maximum absolute atomic E-state index is 5.81. The van der Waals surface area contributed by atoms with Crippen molar-refractivity contribution in [2.75, 3.05) is 29.9 Å². The highest BCUT2D eigenvalue weighted by Gasteiger charge is 2.17. The summed E-state index contributed by atoms with van der Waals surface area (Å²) in [4.78, 5) is 11.2. The van der Waals surface area contributed by atoms with Crippen LogP contribution in [-0.4, -0.2) is 29.7 Å². The van der Waals surface area contributed by atoms with Crippen molar-refractivity contribution in [1.29, 1.82) is 0 Å². The monoisotopic (exact) mass is 284 g/mol. The van der Waals surface area contributed by atoms with Crippen molar-refractivity contribution in [2.45, 2.75) is 20.4 Å². The van der Waals surface area contributed by atoms with Crippen molar-refractivity contribution >= 4 is 11.6 Å². The summed E-state index contributed by atoms with van der Waals surface area (Å²) in [5.74, 6) is 3.57. The zero-order valence-electron chi connectivity index (χ0n) is 12.5. The molecule has 1 aliphatic rings. The van der Waals surface area contributed by atoms with Crippen LogP contribution < -0.4 is 15.0 Å². The fourth-order valence-electron chi connectivity index (χ4n) is 2.51. The lowest BCUT2D eigenvalue weighted by atomic mass is 10.2. The Hall–Kier alpha value is -2.30. The van der Waals surface area contributed by atoms with Gasteiger partial charge in [0.15, 0.2) is 0 Å². The number of anilines is 2. The molecule has 1 aromatic heterocycles. The molecule has 0 aliphatic carbocycles. The molecule has 2 heterocycles. The molecule has 2 aromatic rings. The number of para-hydroxylation sites is 1. The fraction of sp³-hybridized carbons (Fsp3) is 0.375. The highest BCUT2D eigenvalue weighted by atomic mass is 16.5. The van der Waals surface area contributed by atoms with Gasteiger partial charge in [-0.25, -0.2) is 9.97 Å². The number of rotatable bonds is 3. The highest BCUT2D eigenvalue weighted by molar-refractivity contribution is 5.51. The molecule has 3 rings (SSSR count). The molecule has 21 heavy (non-hydrogen) atoms. The van der Waals surface area contributed by atoms with E-state index < -0.39 is 0 Å². The van der Waals surface area contributed by atoms with Gasteiger partial charge in [-0.3, -0.25) is 0 Å². The molecule has 0 bridgehead atoms. The van der Waals surface area contributed by atoms with Crippen molar-refractivity contribution in [3.8, 4) is 5.75 Å². The molecule has 0 fully saturated rings. The molecule has 0 saturated heterocycles. The van der Waals surface area contributed by atoms with E-state index in [0.717, 1.165) is 42.8 Å². The van der Waals surface area contributed by atoms with E-state index in [1.807, 2.05) is 31.2 Å². The van der Waals surface area contributed by atoms with Crippen LogP contribution in [0.15, 0.2) is 30.3 Å². The van der Waals surface area contributed by atoms with Gasteiger partial charge in [-0.2, -0.15) is 0 Å². The first-order valence-electron chi connectivity index (χ1n) is 7.31. The standard InChI is InChI=1S/C16H20N4O/c1-3-17-15-10-16(19-12(2)18-15)20-8-9-21-14-7-5-4-6-13(14)11-20/h4-7,10H,3,8-9,11H2,1-2H3,(H,17,18,19). The maximum Gasteiger partial charge on any atom is 0.134 e. The topological polar surface area (TPSA) is 50.3 Å². The third-order valence-corrected chi connectivity index (χ3v) is 3.46. The quantitative estimate of drug-likeness (QED) is 0.939. The molecular weight excluding hydrogens is 264 g/mol. The molecular formula is C16H20N4O. The number of hydrogen-bond acceptors (Lipinski definition) is 5. The first-order valence-corrected chi connectivity index (χ1v) is 7.31. The van der Waals surface area contributed by atoms with E-state index in [-0.39, 0.29) is 0 Å². The lowest BCUT2D eigenvalue weighted by Gasteiger charge is -2.21. The van der Waals surface area contributed by atoms with Gasteiger partial charge in [0.05, 0.1) is 6.54 Å². The number of nitrogens with zero attached hydrogens (tertiary/aromatic N) is 3. The lowest BCUT2D eigenvalue weighted by Crippen LogP contribution is -2.26. The third kappa shape index (κ3) is 3.07. The van der Waals surface area contributed by atoms with Gasteiger partial charge in [0, 0.05) is 24.7 Å². The zero-order valence-corrected chi connectivity index (χ0v) is 12.5. The van der Waals surface area contributed by atoms with E-state index in [1.165, 1.54) is 5.56 Å². The summed E-state index contributed by atoms with van der Waals surface area (Å²) < 4.78 is 5.81. The number of aromatic nitrogens is 2. The molecule has 1 aromatic carbocycles. The molecule has 0 amide bonds. The number of aryl methyl sites for hydroxylation is 1. The van der Waals surface area contributed by atoms with Gasteiger partial charge in [-0.15, -0.1) is 0 Å². The molecule has 110 valence electrons. The predicted octanol–water partition coefficient (Wildman–Crippen LogP) is 2.62. The first-order chi connectivity index (χ1) is 10.3. The minimum atomic E-state index is 0.663. The molecule has 1 N–H and O–H groups in total. The van der Waals surface area contributed by atoms with Crippen molar-refractivity contribution in [1.82, 2.24) is 9.97 Å². The average molecular weight is 284 g/mol. The second-order valence-electron chi connectivity index (χ2n) is 5.07. The Labute approximate surface area is 125 Å². The fourth-order valence-corrected chi connectivity index (χ4v) is 2.51. The SMILES string of the molecule is CCNc1cc(N2CCOc3ccccc3C2)nc(C)n1. The van der Waals surface area contributed by atoms with Crippen LogP contribution in [0.25, 0.3) is 0 Å². The van der Waals surface area contributed by atoms with Gasteiger partial charge < -0.3 is 15.0 Å². The number of hydrogen-bond donors (Lipinski definition) is 1. The Kier molecular flexibility index (Phi) is 3.90. The molecule has 0 spiro atoms. The summed E-state index contributed by atoms with van der Waals surface area (Å²) in [6, 6.07) is 10.2. The van der Waals surface area contributed by atoms with E-state index in [9.17, 15) is 0 Å². The second-order valence-corrected chi connectivity index (χ2v) is 5.07. The van der Waals surface area contributed by atoms with Crippen LogP contribution in [0.4, 0.5) is 11.6 Å². The van der Waals surface area contributed by atoms with Crippen LogP contribution in [0, 0.1) is 6.92 Å². The van der Waals surface area contributed by atoms with Crippen molar-refractivity contribution in [3.05, 3.63) is 41.7 Å². The van der Waals surface area contributed by atoms with Crippen LogP contribution in [-0.2, 0) is 6.54 Å². The van der Waals surface area contributed by atoms with Gasteiger partial charge in [0.1, 0.15) is 29.8 Å². The predicted molar refractivity (Wildman–Crippen MR) is 83.9 cm³/mol. The highest BCUT2D eigenvalue weighted by Crippen LogP contribution is 2.26. The molecule has 1 aliphatic heterocycles. The average Bonchev–Trinajstić information content (AvgIpc) is 2.69. The number of benzene rings is 1. The smallest absolute Gasteiger partial charge is 0.134 e. The summed E-state index contributed by atoms with van der Waals surface area (Å²) in [5, 5.41) is 3.25. The Morgan fingerprint density at radius 2 is 2.14 bits per heavy atom. The number of ether oxygens (including phenoxy) is 1. The molecule has 0 atom stereocenters. The summed E-state index contributed by atoms with van der Waals surface area (Å²) >= 11 is 0. The van der Waals surface area contributed by atoms with Gasteiger partial charge in [0.25, 0.3) is 0 Å². The van der Waals surface area contributed by atoms with Gasteiger partial charge in [0.2, 0.25) is 0 Å². The summed E-state index contributed by atoms with van der Waals surface area (Å²) in [5.41, 5.74) is 1.19. The van der Waals surface area contributed by atoms with Crippen LogP contribution in [0.2, 0.25) is 0 Å². The summed E-state index contributed by atoms with van der Waals surface area (Å²) in [7, 11) is 0. The number of fused-ring (bicyclic) bond motifs is 1. The van der Waals surface area contributed by atoms with E-state index >= 15 is 0 Å². The molecule has 5 heteroatoms. The number of nitrogens with one attached hydrogen (secondary N) is 1. The first kappa shape index (κ1) is 13.7. The molecule has 5 nitrogen and oxygen atoms in total.